The predicted molar refractivity (Wildman–Crippen MR) is 70.3 cm³/mol. The zero-order valence-electron chi connectivity index (χ0n) is 11.0. The molecule has 1 aromatic carbocycles. The highest BCUT2D eigenvalue weighted by Crippen LogP contribution is 2.23. The Bertz CT molecular complexity index is 621. The van der Waals surface area contributed by atoms with Crippen LogP contribution in [0.25, 0.3) is 0 Å². The van der Waals surface area contributed by atoms with Crippen LogP contribution >= 0.6 is 0 Å². The number of carbonyl (C=O) groups is 1. The van der Waals surface area contributed by atoms with Gasteiger partial charge in [-0.3, -0.25) is 4.79 Å². The van der Waals surface area contributed by atoms with E-state index in [0.717, 1.165) is 4.31 Å². The summed E-state index contributed by atoms with van der Waals surface area (Å²) in [6.07, 6.45) is 0. The van der Waals surface area contributed by atoms with Crippen molar-refractivity contribution in [2.75, 3.05) is 18.8 Å². The Balaban J connectivity index is 2.25. The number of alkyl halides is 2. The molecule has 1 aliphatic heterocycles. The molecule has 1 aliphatic rings. The topological polar surface area (TPSA) is 75.7 Å². The normalized spacial score (nSPS) is 19.1. The Morgan fingerprint density at radius 3 is 2.76 bits per heavy atom. The molecule has 1 fully saturated rings. The summed E-state index contributed by atoms with van der Waals surface area (Å²) in [7, 11) is -3.63. The number of nitrogens with one attached hydrogen (secondary N) is 1. The van der Waals surface area contributed by atoms with Crippen LogP contribution in [0.1, 0.15) is 5.56 Å². The van der Waals surface area contributed by atoms with Crippen molar-refractivity contribution in [2.24, 2.45) is 0 Å². The second-order valence-corrected chi connectivity index (χ2v) is 6.51. The second-order valence-electron chi connectivity index (χ2n) is 4.42. The maximum absolute atomic E-state index is 12.3. The highest BCUT2D eigenvalue weighted by Gasteiger charge is 2.28. The first kappa shape index (κ1) is 15.6. The third kappa shape index (κ3) is 4.11. The van der Waals surface area contributed by atoms with E-state index in [9.17, 15) is 22.0 Å². The maximum atomic E-state index is 12.3. The molecular weight excluding hydrogens is 306 g/mol. The largest absolute Gasteiger partial charge is 0.434 e. The number of nitrogens with zero attached hydrogens (tertiary/aromatic N) is 1. The minimum absolute atomic E-state index is 0.0346. The average molecular weight is 320 g/mol. The summed E-state index contributed by atoms with van der Waals surface area (Å²) in [6, 6.07) is 5.89. The van der Waals surface area contributed by atoms with Gasteiger partial charge in [0, 0.05) is 18.7 Å². The van der Waals surface area contributed by atoms with Crippen molar-refractivity contribution in [3.8, 4) is 5.75 Å². The van der Waals surface area contributed by atoms with E-state index in [1.807, 2.05) is 0 Å². The van der Waals surface area contributed by atoms with Crippen LogP contribution in [0.5, 0.6) is 5.75 Å². The summed E-state index contributed by atoms with van der Waals surface area (Å²) >= 11 is 0. The first-order valence-corrected chi connectivity index (χ1v) is 7.76. The van der Waals surface area contributed by atoms with Crippen LogP contribution < -0.4 is 10.1 Å². The van der Waals surface area contributed by atoms with Crippen LogP contribution in [-0.2, 0) is 21.4 Å². The van der Waals surface area contributed by atoms with Crippen LogP contribution in [0.4, 0.5) is 8.78 Å². The molecule has 1 heterocycles. The molecule has 0 aromatic heterocycles. The molecule has 2 rings (SSSR count). The molecule has 0 bridgehead atoms. The molecule has 0 saturated carbocycles. The number of hydrogen-bond donors (Lipinski definition) is 1. The highest BCUT2D eigenvalue weighted by molar-refractivity contribution is 7.89. The van der Waals surface area contributed by atoms with Gasteiger partial charge in [-0.2, -0.15) is 13.1 Å². The summed E-state index contributed by atoms with van der Waals surface area (Å²) < 4.78 is 54.1. The molecule has 1 amide bonds. The Kier molecular flexibility index (Phi) is 4.73. The number of halogens is 2. The van der Waals surface area contributed by atoms with Gasteiger partial charge in [0.25, 0.3) is 0 Å². The summed E-state index contributed by atoms with van der Waals surface area (Å²) in [5.74, 6) is -0.757. The summed E-state index contributed by atoms with van der Waals surface area (Å²) in [6.45, 7) is -3.51. The molecule has 0 spiro atoms. The van der Waals surface area contributed by atoms with Crippen LogP contribution in [0, 0.1) is 0 Å². The number of amides is 1. The van der Waals surface area contributed by atoms with Crippen molar-refractivity contribution in [3.05, 3.63) is 29.8 Å². The number of rotatable bonds is 4. The highest BCUT2D eigenvalue weighted by atomic mass is 32.2. The fourth-order valence-corrected chi connectivity index (χ4v) is 3.22. The molecule has 0 atom stereocenters. The SMILES string of the molecule is O=C1CN(Cc2ccccc2OC(F)F)S(=O)(=O)CCN1. The minimum atomic E-state index is -3.63. The maximum Gasteiger partial charge on any atom is 0.387 e. The lowest BCUT2D eigenvalue weighted by Gasteiger charge is -2.20. The van der Waals surface area contributed by atoms with E-state index >= 15 is 0 Å². The first-order chi connectivity index (χ1) is 9.88. The minimum Gasteiger partial charge on any atom is -0.434 e. The molecule has 6 nitrogen and oxygen atoms in total. The van der Waals surface area contributed by atoms with E-state index in [4.69, 9.17) is 0 Å². The number of ether oxygens (including phenoxy) is 1. The monoisotopic (exact) mass is 320 g/mol. The van der Waals surface area contributed by atoms with Gasteiger partial charge < -0.3 is 10.1 Å². The van der Waals surface area contributed by atoms with E-state index in [0.29, 0.717) is 0 Å². The van der Waals surface area contributed by atoms with Gasteiger partial charge in [-0.25, -0.2) is 8.42 Å². The van der Waals surface area contributed by atoms with E-state index in [1.54, 1.807) is 6.07 Å². The molecule has 116 valence electrons. The molecule has 1 N–H and O–H groups in total. The first-order valence-electron chi connectivity index (χ1n) is 6.16. The number of sulfonamides is 1. The van der Waals surface area contributed by atoms with Crippen molar-refractivity contribution < 1.29 is 26.7 Å². The van der Waals surface area contributed by atoms with Gasteiger partial charge in [0.15, 0.2) is 0 Å². The van der Waals surface area contributed by atoms with Crippen molar-refractivity contribution in [2.45, 2.75) is 13.2 Å². The smallest absolute Gasteiger partial charge is 0.387 e. The molecule has 0 radical (unpaired) electrons. The van der Waals surface area contributed by atoms with Crippen molar-refractivity contribution in [1.82, 2.24) is 9.62 Å². The predicted octanol–water partition coefficient (Wildman–Crippen LogP) is 0.550. The third-order valence-corrected chi connectivity index (χ3v) is 4.70. The Hall–Kier alpha value is -1.74. The van der Waals surface area contributed by atoms with Crippen LogP contribution in [-0.4, -0.2) is 44.1 Å². The van der Waals surface area contributed by atoms with Crippen molar-refractivity contribution >= 4 is 15.9 Å². The zero-order valence-corrected chi connectivity index (χ0v) is 11.8. The Labute approximate surface area is 120 Å². The van der Waals surface area contributed by atoms with Crippen LogP contribution in [0.3, 0.4) is 0 Å². The Morgan fingerprint density at radius 2 is 2.05 bits per heavy atom. The van der Waals surface area contributed by atoms with Gasteiger partial charge in [-0.1, -0.05) is 18.2 Å². The molecular formula is C12H14F2N2O4S. The van der Waals surface area contributed by atoms with Gasteiger partial charge in [0.2, 0.25) is 15.9 Å². The number of hydrogen-bond acceptors (Lipinski definition) is 4. The van der Waals surface area contributed by atoms with Crippen molar-refractivity contribution in [1.29, 1.82) is 0 Å². The van der Waals surface area contributed by atoms with E-state index in [2.05, 4.69) is 10.1 Å². The summed E-state index contributed by atoms with van der Waals surface area (Å²) in [5, 5.41) is 2.45. The molecule has 21 heavy (non-hydrogen) atoms. The summed E-state index contributed by atoms with van der Waals surface area (Å²) in [4.78, 5) is 11.5. The number of para-hydroxylation sites is 1. The van der Waals surface area contributed by atoms with Gasteiger partial charge in [-0.05, 0) is 6.07 Å². The fraction of sp³-hybridized carbons (Fsp3) is 0.417. The average Bonchev–Trinajstić information content (AvgIpc) is 2.50. The molecule has 1 aromatic rings. The van der Waals surface area contributed by atoms with Crippen LogP contribution in [0.2, 0.25) is 0 Å². The van der Waals surface area contributed by atoms with Gasteiger partial charge in [0.05, 0.1) is 12.3 Å². The van der Waals surface area contributed by atoms with Gasteiger partial charge in [-0.15, -0.1) is 0 Å². The lowest BCUT2D eigenvalue weighted by Crippen LogP contribution is -2.35. The Morgan fingerprint density at radius 1 is 1.33 bits per heavy atom. The number of benzene rings is 1. The van der Waals surface area contributed by atoms with Crippen molar-refractivity contribution in [3.63, 3.8) is 0 Å². The molecule has 9 heteroatoms. The molecule has 0 unspecified atom stereocenters. The third-order valence-electron chi connectivity index (χ3n) is 2.93. The fourth-order valence-electron chi connectivity index (χ4n) is 1.95. The lowest BCUT2D eigenvalue weighted by atomic mass is 10.2. The van der Waals surface area contributed by atoms with Gasteiger partial charge in [0.1, 0.15) is 5.75 Å². The molecule has 1 saturated heterocycles. The standard InChI is InChI=1S/C12H14F2N2O4S/c13-12(14)20-10-4-2-1-3-9(10)7-16-8-11(17)15-5-6-21(16,18)19/h1-4,12H,5-8H2,(H,15,17). The van der Waals surface area contributed by atoms with Crippen LogP contribution in [0.15, 0.2) is 24.3 Å². The quantitative estimate of drug-likeness (QED) is 0.879. The number of carbonyl (C=O) groups excluding carboxylic acids is 1. The molecule has 0 aliphatic carbocycles. The zero-order chi connectivity index (χ0) is 15.5. The van der Waals surface area contributed by atoms with E-state index in [-0.39, 0.29) is 36.7 Å². The summed E-state index contributed by atoms with van der Waals surface area (Å²) in [5.41, 5.74) is 0.274. The van der Waals surface area contributed by atoms with Gasteiger partial charge >= 0.3 is 6.61 Å². The second kappa shape index (κ2) is 6.35. The lowest BCUT2D eigenvalue weighted by molar-refractivity contribution is -0.121. The van der Waals surface area contributed by atoms with E-state index < -0.39 is 22.5 Å². The van der Waals surface area contributed by atoms with E-state index in [1.165, 1.54) is 18.2 Å².